The fourth-order valence-electron chi connectivity index (χ4n) is 9.27. The van der Waals surface area contributed by atoms with Crippen molar-refractivity contribution in [2.75, 3.05) is 62.8 Å². The van der Waals surface area contributed by atoms with Crippen molar-refractivity contribution in [3.63, 3.8) is 0 Å². The zero-order chi connectivity index (χ0) is 54.0. The predicted molar refractivity (Wildman–Crippen MR) is 294 cm³/mol. The van der Waals surface area contributed by atoms with Crippen molar-refractivity contribution >= 4 is 75.3 Å². The van der Waals surface area contributed by atoms with Gasteiger partial charge in [0.05, 0.1) is 22.6 Å². The van der Waals surface area contributed by atoms with E-state index in [9.17, 15) is 14.4 Å². The molecule has 0 spiro atoms. The maximum Gasteiger partial charge on any atom is 0.495 e. The standard InChI is InChI=1S/C29H44N4O5Si.C24H38BN3O5Si/c1-19-13-24-23(14-22(19)20(2)29(7)16-31(17-29)27(35)38-28(4,5)6)33-21(3)26(34)32(30-25(33)15-37-24)18-36-11-12-39(8,9)10;1-16-12-20-19(13-18(16)25-32-23(3,4)24(5,6)33-25)28-17(2)22(29)27(26-21(28)14-31-20)15-30-10-11-34(7,8)9/h13-14,21H,2,11-12,15-18H2,1,3-10H3;12-13,17H,10-11,14-15H2,1-9H3. The summed E-state index contributed by atoms with van der Waals surface area (Å²) in [4.78, 5) is 44.6. The summed E-state index contributed by atoms with van der Waals surface area (Å²) < 4.78 is 41.9. The van der Waals surface area contributed by atoms with E-state index >= 15 is 0 Å². The van der Waals surface area contributed by atoms with Crippen LogP contribution in [0.2, 0.25) is 51.4 Å². The molecular weight excluding hydrogens is 962 g/mol. The molecule has 0 saturated carbocycles. The van der Waals surface area contributed by atoms with Crippen molar-refractivity contribution in [1.82, 2.24) is 14.9 Å². The lowest BCUT2D eigenvalue weighted by atomic mass is 9.72. The van der Waals surface area contributed by atoms with E-state index in [-0.39, 0.29) is 43.4 Å². The normalized spacial score (nSPS) is 21.8. The zero-order valence-electron chi connectivity index (χ0n) is 47.0. The van der Waals surface area contributed by atoms with Gasteiger partial charge in [-0.25, -0.2) is 14.8 Å². The maximum absolute atomic E-state index is 13.3. The van der Waals surface area contributed by atoms with Crippen LogP contribution in [0.3, 0.4) is 0 Å². The molecule has 2 aromatic rings. The third-order valence-electron chi connectivity index (χ3n) is 14.6. The third kappa shape index (κ3) is 12.2. The summed E-state index contributed by atoms with van der Waals surface area (Å²) in [6, 6.07) is 9.27. The molecule has 20 heteroatoms. The van der Waals surface area contributed by atoms with Crippen LogP contribution >= 0.6 is 0 Å². The van der Waals surface area contributed by atoms with Crippen molar-refractivity contribution < 1.29 is 47.4 Å². The summed E-state index contributed by atoms with van der Waals surface area (Å²) in [5.74, 6) is 2.61. The summed E-state index contributed by atoms with van der Waals surface area (Å²) in [6.45, 7) is 45.2. The second-order valence-corrected chi connectivity index (χ2v) is 36.4. The lowest BCUT2D eigenvalue weighted by molar-refractivity contribution is -0.139. The summed E-state index contributed by atoms with van der Waals surface area (Å²) >= 11 is 0. The number of anilines is 2. The number of carbonyl (C=O) groups is 3. The molecule has 0 aliphatic carbocycles. The van der Waals surface area contributed by atoms with Crippen LogP contribution in [0, 0.1) is 19.3 Å². The van der Waals surface area contributed by atoms with E-state index in [1.807, 2.05) is 110 Å². The van der Waals surface area contributed by atoms with Gasteiger partial charge in [-0.3, -0.25) is 9.59 Å². The highest BCUT2D eigenvalue weighted by molar-refractivity contribution is 6.76. The Morgan fingerprint density at radius 3 is 1.62 bits per heavy atom. The second kappa shape index (κ2) is 20.4. The van der Waals surface area contributed by atoms with Gasteiger partial charge in [0.15, 0.2) is 11.7 Å². The van der Waals surface area contributed by atoms with E-state index in [2.05, 4.69) is 63.0 Å². The number of amidine groups is 2. The Hall–Kier alpha value is -4.73. The number of aryl methyl sites for hydroxylation is 2. The number of carbonyl (C=O) groups excluding carboxylic acids is 3. The van der Waals surface area contributed by atoms with E-state index in [4.69, 9.17) is 33.0 Å². The van der Waals surface area contributed by atoms with Crippen molar-refractivity contribution in [3.8, 4) is 11.5 Å². The van der Waals surface area contributed by atoms with Gasteiger partial charge in [-0.05, 0) is 140 Å². The smallest absolute Gasteiger partial charge is 0.483 e. The lowest BCUT2D eigenvalue weighted by Crippen LogP contribution is -2.58. The molecule has 0 radical (unpaired) electrons. The van der Waals surface area contributed by atoms with Crippen molar-refractivity contribution in [3.05, 3.63) is 47.5 Å². The molecule has 0 aromatic heterocycles. The SMILES string of the molecule is C=C(c1cc2c(cc1C)OCC1=NN(COCC[Si](C)(C)C)C(=O)C(C)N12)C1(C)CN(C(=O)OC(C)(C)C)C1.Cc1cc2c(cc1B1OC(C)(C)C(C)(C)O1)N1C(=NN(COCC[Si](C)(C)C)C(=O)C1C)CO2. The molecule has 3 amide bonds. The summed E-state index contributed by atoms with van der Waals surface area (Å²) in [5, 5.41) is 12.0. The number of nitrogens with zero attached hydrogens (tertiary/aromatic N) is 7. The highest BCUT2D eigenvalue weighted by Gasteiger charge is 2.53. The molecule has 6 aliphatic heterocycles. The van der Waals surface area contributed by atoms with Gasteiger partial charge in [0.2, 0.25) is 0 Å². The lowest BCUT2D eigenvalue weighted by Gasteiger charge is -2.49. The van der Waals surface area contributed by atoms with Crippen LogP contribution in [0.4, 0.5) is 16.2 Å². The van der Waals surface area contributed by atoms with Crippen molar-refractivity contribution in [2.45, 2.75) is 163 Å². The minimum absolute atomic E-state index is 0.0950. The van der Waals surface area contributed by atoms with Crippen LogP contribution in [-0.2, 0) is 33.1 Å². The van der Waals surface area contributed by atoms with E-state index < -0.39 is 52.2 Å². The van der Waals surface area contributed by atoms with E-state index in [1.54, 1.807) is 4.90 Å². The van der Waals surface area contributed by atoms with Crippen LogP contribution < -0.4 is 24.7 Å². The van der Waals surface area contributed by atoms with Crippen molar-refractivity contribution in [1.29, 1.82) is 0 Å². The number of hydrogen-bond donors (Lipinski definition) is 0. The van der Waals surface area contributed by atoms with Gasteiger partial charge in [0, 0.05) is 47.9 Å². The molecule has 2 unspecified atom stereocenters. The first-order chi connectivity index (χ1) is 33.7. The Balaban J connectivity index is 0.000000216. The number of rotatable bonds is 13. The number of benzene rings is 2. The van der Waals surface area contributed by atoms with Crippen LogP contribution in [0.25, 0.3) is 5.57 Å². The topological polar surface area (TPSA) is 157 Å². The number of fused-ring (bicyclic) bond motifs is 6. The van der Waals surface area contributed by atoms with Crippen LogP contribution in [0.1, 0.15) is 85.9 Å². The number of hydrogen-bond acceptors (Lipinski definition) is 14. The summed E-state index contributed by atoms with van der Waals surface area (Å²) in [6.07, 6.45) is -0.307. The van der Waals surface area contributed by atoms with Gasteiger partial charge in [-0.1, -0.05) is 52.8 Å². The molecule has 17 nitrogen and oxygen atoms in total. The van der Waals surface area contributed by atoms with E-state index in [0.717, 1.165) is 62.7 Å². The predicted octanol–water partition coefficient (Wildman–Crippen LogP) is 8.67. The molecular formula is C53H82BN7O10Si2. The Morgan fingerprint density at radius 2 is 1.18 bits per heavy atom. The monoisotopic (exact) mass is 1040 g/mol. The Bertz CT molecular complexity index is 2530. The highest BCUT2D eigenvalue weighted by atomic mass is 28.3. The summed E-state index contributed by atoms with van der Waals surface area (Å²) in [5.41, 5.74) is 4.83. The minimum atomic E-state index is -1.22. The quantitative estimate of drug-likeness (QED) is 0.139. The molecule has 8 rings (SSSR count). The van der Waals surface area contributed by atoms with Gasteiger partial charge >= 0.3 is 13.2 Å². The maximum atomic E-state index is 13.3. The van der Waals surface area contributed by atoms with Crippen LogP contribution in [0.5, 0.6) is 11.5 Å². The first-order valence-electron chi connectivity index (χ1n) is 25.8. The fraction of sp³-hybridized carbons (Fsp3) is 0.642. The Labute approximate surface area is 436 Å². The minimum Gasteiger partial charge on any atom is -0.483 e. The molecule has 73 heavy (non-hydrogen) atoms. The average molecular weight is 1040 g/mol. The second-order valence-electron chi connectivity index (χ2n) is 25.1. The Morgan fingerprint density at radius 1 is 0.740 bits per heavy atom. The molecule has 0 N–H and O–H groups in total. The zero-order valence-corrected chi connectivity index (χ0v) is 49.0. The third-order valence-corrected chi connectivity index (χ3v) is 18.0. The Kier molecular flexibility index (Phi) is 15.7. The molecule has 6 heterocycles. The largest absolute Gasteiger partial charge is 0.495 e. The summed E-state index contributed by atoms with van der Waals surface area (Å²) in [7, 11) is -2.91. The molecule has 2 saturated heterocycles. The molecule has 6 aliphatic rings. The number of hydrazone groups is 2. The fourth-order valence-corrected chi connectivity index (χ4v) is 10.8. The number of likely N-dealkylation sites (tertiary alicyclic amines) is 1. The first-order valence-corrected chi connectivity index (χ1v) is 33.2. The van der Waals surface area contributed by atoms with Crippen LogP contribution in [-0.4, -0.2) is 150 Å². The van der Waals surface area contributed by atoms with E-state index in [0.29, 0.717) is 44.6 Å². The highest BCUT2D eigenvalue weighted by Crippen LogP contribution is 2.47. The van der Waals surface area contributed by atoms with Gasteiger partial charge in [0.25, 0.3) is 11.8 Å². The molecule has 2 aromatic carbocycles. The molecule has 2 atom stereocenters. The van der Waals surface area contributed by atoms with Gasteiger partial charge in [-0.2, -0.15) is 10.2 Å². The van der Waals surface area contributed by atoms with Gasteiger partial charge in [0.1, 0.15) is 55.9 Å². The average Bonchev–Trinajstić information content (AvgIpc) is 3.48. The number of amides is 3. The number of ether oxygens (including phenoxy) is 5. The van der Waals surface area contributed by atoms with Gasteiger partial charge < -0.3 is 47.7 Å². The first kappa shape index (κ1) is 56.0. The van der Waals surface area contributed by atoms with E-state index in [1.165, 1.54) is 10.0 Å². The molecule has 400 valence electrons. The molecule has 0 bridgehead atoms. The van der Waals surface area contributed by atoms with Gasteiger partial charge in [-0.15, -0.1) is 0 Å². The van der Waals surface area contributed by atoms with Crippen molar-refractivity contribution in [2.24, 2.45) is 15.6 Å². The molecule has 2 fully saturated rings. The van der Waals surface area contributed by atoms with Crippen LogP contribution in [0.15, 0.2) is 41.0 Å².